The first kappa shape index (κ1) is 45.7. The summed E-state index contributed by atoms with van der Waals surface area (Å²) in [5, 5.41) is 4.91. The monoisotopic (exact) mass is 840 g/mol. The van der Waals surface area contributed by atoms with E-state index in [0.29, 0.717) is 11.1 Å². The van der Waals surface area contributed by atoms with Gasteiger partial charge in [0.05, 0.1) is 22.6 Å². The summed E-state index contributed by atoms with van der Waals surface area (Å²) in [4.78, 5) is 9.39. The van der Waals surface area contributed by atoms with E-state index < -0.39 is 0 Å². The van der Waals surface area contributed by atoms with Gasteiger partial charge in [0.1, 0.15) is 0 Å². The van der Waals surface area contributed by atoms with E-state index in [1.807, 2.05) is 12.4 Å². The summed E-state index contributed by atoms with van der Waals surface area (Å²) < 4.78 is 7.67. The molecule has 4 aromatic carbocycles. The molecule has 0 aliphatic rings. The van der Waals surface area contributed by atoms with Crippen LogP contribution in [0.1, 0.15) is 128 Å². The van der Waals surface area contributed by atoms with Crippen molar-refractivity contribution in [1.82, 2.24) is 9.97 Å². The Morgan fingerprint density at radius 2 is 0.885 bits per heavy atom. The van der Waals surface area contributed by atoms with Gasteiger partial charge in [-0.1, -0.05) is 138 Å². The molecule has 5 heteroatoms. The Morgan fingerprint density at radius 1 is 0.508 bits per heavy atom. The van der Waals surface area contributed by atoms with Crippen molar-refractivity contribution < 1.29 is 4.74 Å². The fraction of sp³-hybridized carbons (Fsp3) is 0.393. The van der Waals surface area contributed by atoms with Crippen molar-refractivity contribution in [3.8, 4) is 23.7 Å². The zero-order valence-corrected chi connectivity index (χ0v) is 42.7. The quantitative estimate of drug-likeness (QED) is 0.0809. The summed E-state index contributed by atoms with van der Waals surface area (Å²) in [7, 11) is 2.10. The van der Waals surface area contributed by atoms with Crippen LogP contribution in [0, 0.1) is 34.5 Å². The molecule has 2 aromatic heterocycles. The third-order valence-corrected chi connectivity index (χ3v) is 15.9. The van der Waals surface area contributed by atoms with Crippen LogP contribution < -0.4 is 0 Å². The predicted molar refractivity (Wildman–Crippen MR) is 268 cm³/mol. The number of hydrogen-bond acceptors (Lipinski definition) is 3. The molecule has 0 spiro atoms. The molecule has 0 radical (unpaired) electrons. The van der Waals surface area contributed by atoms with Gasteiger partial charge in [0.15, 0.2) is 0 Å². The van der Waals surface area contributed by atoms with Crippen LogP contribution in [-0.4, -0.2) is 41.7 Å². The topological polar surface area (TPSA) is 35.0 Å². The summed E-state index contributed by atoms with van der Waals surface area (Å²) in [5.74, 6) is 14.0. The van der Waals surface area contributed by atoms with Crippen LogP contribution in [0.2, 0.25) is 11.1 Å². The van der Waals surface area contributed by atoms with Crippen molar-refractivity contribution >= 4 is 42.0 Å². The maximum absolute atomic E-state index is 7.67. The van der Waals surface area contributed by atoms with Crippen molar-refractivity contribution in [2.45, 2.75) is 129 Å². The molecule has 0 saturated carbocycles. The van der Waals surface area contributed by atoms with Crippen molar-refractivity contribution in [3.05, 3.63) is 155 Å². The van der Waals surface area contributed by atoms with Gasteiger partial charge < -0.3 is 4.74 Å². The SMILES string of the molecule is CC(C)(C)CC(C)(OC(C)(CC(C)(C)C)C([SiH3])CCC#Cc1ccc(Cc2nccc3ccccc23)cc1)C([SiH3])CCC#Cc1ccc(Cc2nccc3ccccc23)cc1. The fourth-order valence-electron chi connectivity index (χ4n) is 9.22. The van der Waals surface area contributed by atoms with Crippen molar-refractivity contribution in [2.24, 2.45) is 10.8 Å². The summed E-state index contributed by atoms with van der Waals surface area (Å²) in [6.45, 7) is 19.0. The highest BCUT2D eigenvalue weighted by molar-refractivity contribution is 6.13. The third-order valence-electron chi connectivity index (χ3n) is 12.3. The number of fused-ring (bicyclic) bond motifs is 2. The molecular formula is C56H68N2OSi2. The predicted octanol–water partition coefficient (Wildman–Crippen LogP) is 11.6. The van der Waals surface area contributed by atoms with Gasteiger partial charge in [-0.25, -0.2) is 0 Å². The Bertz CT molecular complexity index is 2320. The van der Waals surface area contributed by atoms with Crippen LogP contribution in [0.4, 0.5) is 0 Å². The van der Waals surface area contributed by atoms with Gasteiger partial charge in [0.25, 0.3) is 0 Å². The van der Waals surface area contributed by atoms with Gasteiger partial charge in [-0.15, -0.1) is 0 Å². The Kier molecular flexibility index (Phi) is 14.9. The average molecular weight is 841 g/mol. The molecule has 6 aromatic rings. The first-order valence-corrected chi connectivity index (χ1v) is 24.8. The molecule has 0 N–H and O–H groups in total. The Labute approximate surface area is 373 Å². The molecule has 0 saturated heterocycles. The lowest BCUT2D eigenvalue weighted by Crippen LogP contribution is -2.49. The van der Waals surface area contributed by atoms with Crippen LogP contribution >= 0.6 is 0 Å². The maximum Gasteiger partial charge on any atom is 0.0663 e. The van der Waals surface area contributed by atoms with Gasteiger partial charge in [0.2, 0.25) is 0 Å². The Hall–Kier alpha value is -4.79. The lowest BCUT2D eigenvalue weighted by Gasteiger charge is -2.50. The highest BCUT2D eigenvalue weighted by Crippen LogP contribution is 2.48. The van der Waals surface area contributed by atoms with Gasteiger partial charge in [-0.05, 0) is 120 Å². The number of pyridine rings is 2. The fourth-order valence-corrected chi connectivity index (χ4v) is 10.4. The number of rotatable bonds is 14. The lowest BCUT2D eigenvalue weighted by atomic mass is 9.76. The van der Waals surface area contributed by atoms with Crippen LogP contribution in [-0.2, 0) is 17.6 Å². The van der Waals surface area contributed by atoms with Gasteiger partial charge in [-0.2, -0.15) is 0 Å². The van der Waals surface area contributed by atoms with E-state index in [0.717, 1.165) is 94.4 Å². The Balaban J connectivity index is 1.07. The van der Waals surface area contributed by atoms with E-state index >= 15 is 0 Å². The van der Waals surface area contributed by atoms with Gasteiger partial charge in [-0.3, -0.25) is 9.97 Å². The van der Waals surface area contributed by atoms with Crippen LogP contribution in [0.3, 0.4) is 0 Å². The molecule has 4 atom stereocenters. The normalized spacial score (nSPS) is 15.0. The second kappa shape index (κ2) is 19.9. The van der Waals surface area contributed by atoms with Gasteiger partial charge >= 0.3 is 0 Å². The highest BCUT2D eigenvalue weighted by Gasteiger charge is 2.45. The van der Waals surface area contributed by atoms with Gasteiger partial charge in [0, 0.05) is 80.5 Å². The highest BCUT2D eigenvalue weighted by atomic mass is 28.1. The van der Waals surface area contributed by atoms with Crippen molar-refractivity contribution in [2.75, 3.05) is 0 Å². The number of benzene rings is 4. The summed E-state index contributed by atoms with van der Waals surface area (Å²) in [6, 6.07) is 38.6. The molecular weight excluding hydrogens is 773 g/mol. The summed E-state index contributed by atoms with van der Waals surface area (Å²) in [5.41, 5.74) is 7.64. The largest absolute Gasteiger partial charge is 0.369 e. The molecule has 61 heavy (non-hydrogen) atoms. The van der Waals surface area contributed by atoms with Crippen LogP contribution in [0.5, 0.6) is 0 Å². The van der Waals surface area contributed by atoms with E-state index in [1.54, 1.807) is 0 Å². The Morgan fingerprint density at radius 3 is 1.26 bits per heavy atom. The molecule has 0 aliphatic heterocycles. The number of hydrogen-bond donors (Lipinski definition) is 0. The average Bonchev–Trinajstić information content (AvgIpc) is 3.21. The number of nitrogens with zero attached hydrogens (tertiary/aromatic N) is 2. The summed E-state index contributed by atoms with van der Waals surface area (Å²) >= 11 is 0. The second-order valence-electron chi connectivity index (χ2n) is 20.4. The zero-order chi connectivity index (χ0) is 43.7. The minimum atomic E-state index is -0.235. The number of aromatic nitrogens is 2. The van der Waals surface area contributed by atoms with E-state index in [4.69, 9.17) is 14.7 Å². The summed E-state index contributed by atoms with van der Waals surface area (Å²) in [6.07, 6.45) is 11.3. The molecule has 0 amide bonds. The van der Waals surface area contributed by atoms with E-state index in [9.17, 15) is 0 Å². The van der Waals surface area contributed by atoms with Crippen molar-refractivity contribution in [1.29, 1.82) is 0 Å². The minimum absolute atomic E-state index is 0.141. The molecule has 2 heterocycles. The standard InChI is InChI=1S/C56H68N2OSi2/c1-53(2,3)39-55(7,51(60)23-15-9-17-41-25-29-43(30-26-41)37-49-47-21-13-11-19-45(47)33-35-57-49)59-56(8,40-54(4,5)6)52(61)24-16-10-18-42-27-31-44(32-28-42)38-50-48-22-14-12-20-46(48)34-36-58-50/h11-14,19-22,25-36,51-52H,15-16,23-24,37-40H2,1-8,60-61H3. The van der Waals surface area contributed by atoms with E-state index in [2.05, 4.69) is 188 Å². The van der Waals surface area contributed by atoms with E-state index in [1.165, 1.54) is 32.7 Å². The molecule has 3 nitrogen and oxygen atoms in total. The maximum atomic E-state index is 7.67. The minimum Gasteiger partial charge on any atom is -0.369 e. The van der Waals surface area contributed by atoms with E-state index in [-0.39, 0.29) is 22.0 Å². The molecule has 0 bridgehead atoms. The molecule has 316 valence electrons. The second-order valence-corrected chi connectivity index (χ2v) is 23.2. The first-order chi connectivity index (χ1) is 29.0. The van der Waals surface area contributed by atoms with Crippen LogP contribution in [0.25, 0.3) is 21.5 Å². The molecule has 6 rings (SSSR count). The van der Waals surface area contributed by atoms with Crippen molar-refractivity contribution in [3.63, 3.8) is 0 Å². The van der Waals surface area contributed by atoms with Crippen LogP contribution in [0.15, 0.2) is 122 Å². The molecule has 4 unspecified atom stereocenters. The molecule has 0 fully saturated rings. The zero-order valence-electron chi connectivity index (χ0n) is 38.7. The number of ether oxygens (including phenoxy) is 1. The third kappa shape index (κ3) is 13.1. The molecule has 0 aliphatic carbocycles. The lowest BCUT2D eigenvalue weighted by molar-refractivity contribution is -0.172. The first-order valence-electron chi connectivity index (χ1n) is 22.5. The smallest absolute Gasteiger partial charge is 0.0663 e.